The van der Waals surface area contributed by atoms with Crippen LogP contribution in [0.2, 0.25) is 10.0 Å². The van der Waals surface area contributed by atoms with E-state index in [-0.39, 0.29) is 5.91 Å². The third-order valence-electron chi connectivity index (χ3n) is 4.39. The van der Waals surface area contributed by atoms with E-state index < -0.39 is 0 Å². The Kier molecular flexibility index (Phi) is 5.15. The summed E-state index contributed by atoms with van der Waals surface area (Å²) in [7, 11) is 0. The van der Waals surface area contributed by atoms with E-state index in [4.69, 9.17) is 32.1 Å². The van der Waals surface area contributed by atoms with Gasteiger partial charge in [0.2, 0.25) is 0 Å². The number of carbonyl (C=O) groups excluding carboxylic acids is 1. The van der Waals surface area contributed by atoms with Crippen molar-refractivity contribution in [2.75, 3.05) is 26.2 Å². The quantitative estimate of drug-likeness (QED) is 0.658. The number of piperazine rings is 1. The molecular formula is C18H16Cl2N4O3. The first-order valence-corrected chi connectivity index (χ1v) is 9.19. The maximum Gasteiger partial charge on any atom is 0.289 e. The summed E-state index contributed by atoms with van der Waals surface area (Å²) in [6.45, 7) is 3.22. The lowest BCUT2D eigenvalue weighted by Gasteiger charge is -2.33. The van der Waals surface area contributed by atoms with Crippen molar-refractivity contribution in [3.8, 4) is 11.5 Å². The number of furan rings is 1. The van der Waals surface area contributed by atoms with Crippen LogP contribution in [0, 0.1) is 0 Å². The fourth-order valence-corrected chi connectivity index (χ4v) is 3.44. The number of halogens is 2. The van der Waals surface area contributed by atoms with Gasteiger partial charge in [-0.15, -0.1) is 0 Å². The summed E-state index contributed by atoms with van der Waals surface area (Å²) in [4.78, 5) is 20.7. The second-order valence-corrected chi connectivity index (χ2v) is 7.03. The van der Waals surface area contributed by atoms with Gasteiger partial charge < -0.3 is 13.8 Å². The van der Waals surface area contributed by atoms with Crippen LogP contribution >= 0.6 is 23.2 Å². The van der Waals surface area contributed by atoms with Gasteiger partial charge in [-0.1, -0.05) is 28.4 Å². The summed E-state index contributed by atoms with van der Waals surface area (Å²) >= 11 is 12.1. The van der Waals surface area contributed by atoms with E-state index in [1.807, 2.05) is 0 Å². The molecule has 0 N–H and O–H groups in total. The second kappa shape index (κ2) is 7.72. The highest BCUT2D eigenvalue weighted by Crippen LogP contribution is 2.29. The molecule has 0 atom stereocenters. The summed E-state index contributed by atoms with van der Waals surface area (Å²) in [6, 6.07) is 8.50. The highest BCUT2D eigenvalue weighted by Gasteiger charge is 2.24. The largest absolute Gasteiger partial charge is 0.459 e. The Morgan fingerprint density at radius 3 is 2.67 bits per heavy atom. The number of amides is 1. The van der Waals surface area contributed by atoms with Crippen LogP contribution in [0.15, 0.2) is 45.5 Å². The average Bonchev–Trinajstić information content (AvgIpc) is 3.34. The fraction of sp³-hybridized carbons (Fsp3) is 0.278. The monoisotopic (exact) mass is 406 g/mol. The molecule has 1 fully saturated rings. The van der Waals surface area contributed by atoms with Gasteiger partial charge in [0.1, 0.15) is 0 Å². The Morgan fingerprint density at radius 2 is 1.96 bits per heavy atom. The predicted octanol–water partition coefficient (Wildman–Crippen LogP) is 3.59. The van der Waals surface area contributed by atoms with Crippen LogP contribution in [0.25, 0.3) is 11.5 Å². The Hall–Kier alpha value is -2.35. The van der Waals surface area contributed by atoms with Crippen molar-refractivity contribution in [1.82, 2.24) is 19.9 Å². The average molecular weight is 407 g/mol. The molecule has 1 aromatic carbocycles. The third kappa shape index (κ3) is 4.00. The molecule has 3 aromatic rings. The van der Waals surface area contributed by atoms with Gasteiger partial charge in [-0.25, -0.2) is 0 Å². The lowest BCUT2D eigenvalue weighted by atomic mass is 10.2. The molecule has 0 radical (unpaired) electrons. The van der Waals surface area contributed by atoms with E-state index >= 15 is 0 Å². The van der Waals surface area contributed by atoms with Crippen LogP contribution in [0.1, 0.15) is 16.4 Å². The Labute approximate surface area is 165 Å². The standard InChI is InChI=1S/C18H16Cl2N4O3/c19-12-3-4-13(14(20)10-12)17-21-16(22-27-17)11-23-5-7-24(8-6-23)18(25)15-2-1-9-26-15/h1-4,9-10H,5-8,11H2. The van der Waals surface area contributed by atoms with Crippen molar-refractivity contribution < 1.29 is 13.7 Å². The first kappa shape index (κ1) is 18.0. The Morgan fingerprint density at radius 1 is 1.15 bits per heavy atom. The van der Waals surface area contributed by atoms with Crippen molar-refractivity contribution in [3.05, 3.63) is 58.2 Å². The second-order valence-electron chi connectivity index (χ2n) is 6.19. The summed E-state index contributed by atoms with van der Waals surface area (Å²) < 4.78 is 10.5. The van der Waals surface area contributed by atoms with Gasteiger partial charge in [-0.3, -0.25) is 9.69 Å². The van der Waals surface area contributed by atoms with Crippen LogP contribution in [0.5, 0.6) is 0 Å². The molecule has 0 bridgehead atoms. The molecule has 4 rings (SSSR count). The SMILES string of the molecule is O=C(c1ccco1)N1CCN(Cc2noc(-c3ccc(Cl)cc3Cl)n2)CC1. The molecule has 0 spiro atoms. The fourth-order valence-electron chi connectivity index (χ4n) is 2.96. The molecule has 1 aliphatic rings. The summed E-state index contributed by atoms with van der Waals surface area (Å²) in [5.74, 6) is 1.21. The van der Waals surface area contributed by atoms with E-state index in [0.717, 1.165) is 13.1 Å². The molecule has 0 aliphatic carbocycles. The van der Waals surface area contributed by atoms with Gasteiger partial charge in [0.05, 0.1) is 23.4 Å². The normalized spacial score (nSPS) is 15.3. The summed E-state index contributed by atoms with van der Waals surface area (Å²) in [6.07, 6.45) is 1.50. The molecule has 1 saturated heterocycles. The van der Waals surface area contributed by atoms with Gasteiger partial charge in [0, 0.05) is 31.2 Å². The summed E-state index contributed by atoms with van der Waals surface area (Å²) in [5, 5.41) is 5.04. The molecular weight excluding hydrogens is 391 g/mol. The maximum absolute atomic E-state index is 12.3. The van der Waals surface area contributed by atoms with E-state index in [1.54, 1.807) is 35.2 Å². The van der Waals surface area contributed by atoms with E-state index in [0.29, 0.717) is 52.7 Å². The van der Waals surface area contributed by atoms with Crippen LogP contribution in [0.3, 0.4) is 0 Å². The van der Waals surface area contributed by atoms with Gasteiger partial charge >= 0.3 is 0 Å². The number of nitrogens with zero attached hydrogens (tertiary/aromatic N) is 4. The first-order valence-electron chi connectivity index (χ1n) is 8.43. The zero-order chi connectivity index (χ0) is 18.8. The van der Waals surface area contributed by atoms with Gasteiger partial charge in [-0.05, 0) is 30.3 Å². The molecule has 27 heavy (non-hydrogen) atoms. The van der Waals surface area contributed by atoms with Crippen molar-refractivity contribution >= 4 is 29.1 Å². The van der Waals surface area contributed by atoms with Crippen LogP contribution in [0.4, 0.5) is 0 Å². The summed E-state index contributed by atoms with van der Waals surface area (Å²) in [5.41, 5.74) is 0.647. The van der Waals surface area contributed by atoms with Crippen LogP contribution < -0.4 is 0 Å². The zero-order valence-corrected chi connectivity index (χ0v) is 15.8. The molecule has 1 aliphatic heterocycles. The van der Waals surface area contributed by atoms with Crippen LogP contribution in [-0.4, -0.2) is 52.0 Å². The molecule has 2 aromatic heterocycles. The minimum Gasteiger partial charge on any atom is -0.459 e. The Balaban J connectivity index is 1.36. The highest BCUT2D eigenvalue weighted by molar-refractivity contribution is 6.36. The van der Waals surface area contributed by atoms with Gasteiger partial charge in [-0.2, -0.15) is 4.98 Å². The van der Waals surface area contributed by atoms with Gasteiger partial charge in [0.25, 0.3) is 11.8 Å². The number of hydrogen-bond donors (Lipinski definition) is 0. The predicted molar refractivity (Wildman–Crippen MR) is 99.6 cm³/mol. The molecule has 0 unspecified atom stereocenters. The molecule has 0 saturated carbocycles. The number of benzene rings is 1. The first-order chi connectivity index (χ1) is 13.1. The minimum atomic E-state index is -0.0844. The smallest absolute Gasteiger partial charge is 0.289 e. The lowest BCUT2D eigenvalue weighted by Crippen LogP contribution is -2.48. The van der Waals surface area contributed by atoms with Crippen molar-refractivity contribution in [1.29, 1.82) is 0 Å². The maximum atomic E-state index is 12.3. The van der Waals surface area contributed by atoms with Crippen molar-refractivity contribution in [2.45, 2.75) is 6.54 Å². The molecule has 3 heterocycles. The topological polar surface area (TPSA) is 75.6 Å². The zero-order valence-electron chi connectivity index (χ0n) is 14.3. The Bertz CT molecular complexity index is 934. The highest BCUT2D eigenvalue weighted by atomic mass is 35.5. The van der Waals surface area contributed by atoms with E-state index in [2.05, 4.69) is 15.0 Å². The number of carbonyl (C=O) groups is 1. The lowest BCUT2D eigenvalue weighted by molar-refractivity contribution is 0.0594. The van der Waals surface area contributed by atoms with Gasteiger partial charge in [0.15, 0.2) is 11.6 Å². The molecule has 1 amide bonds. The van der Waals surface area contributed by atoms with E-state index in [9.17, 15) is 4.79 Å². The number of hydrogen-bond acceptors (Lipinski definition) is 6. The van der Waals surface area contributed by atoms with E-state index in [1.165, 1.54) is 6.26 Å². The van der Waals surface area contributed by atoms with Crippen molar-refractivity contribution in [2.24, 2.45) is 0 Å². The number of aromatic nitrogens is 2. The molecule has 7 nitrogen and oxygen atoms in total. The van der Waals surface area contributed by atoms with Crippen molar-refractivity contribution in [3.63, 3.8) is 0 Å². The minimum absolute atomic E-state index is 0.0844. The number of rotatable bonds is 4. The third-order valence-corrected chi connectivity index (χ3v) is 4.93. The molecule has 140 valence electrons. The van der Waals surface area contributed by atoms with Crippen LogP contribution in [-0.2, 0) is 6.54 Å². The molecule has 9 heteroatoms.